The molecule has 8 nitrogen and oxygen atoms in total. The van der Waals surface area contributed by atoms with Crippen LogP contribution in [0.3, 0.4) is 0 Å². The quantitative estimate of drug-likeness (QED) is 0.287. The average Bonchev–Trinajstić information content (AvgIpc) is 3.44. The van der Waals surface area contributed by atoms with Gasteiger partial charge in [0, 0.05) is 22.2 Å². The van der Waals surface area contributed by atoms with Gasteiger partial charge >= 0.3 is 11.9 Å². The van der Waals surface area contributed by atoms with Gasteiger partial charge in [0.2, 0.25) is 11.6 Å². The van der Waals surface area contributed by atoms with E-state index in [1.54, 1.807) is 0 Å². The van der Waals surface area contributed by atoms with Gasteiger partial charge in [0.05, 0.1) is 13.7 Å². The van der Waals surface area contributed by atoms with Gasteiger partial charge in [0.1, 0.15) is 0 Å². The van der Waals surface area contributed by atoms with Crippen molar-refractivity contribution < 1.29 is 23.5 Å². The van der Waals surface area contributed by atoms with Crippen LogP contribution < -0.4 is 0 Å². The zero-order valence-corrected chi connectivity index (χ0v) is 26.2. The van der Waals surface area contributed by atoms with Gasteiger partial charge in [-0.3, -0.25) is 4.79 Å². The fourth-order valence-corrected chi connectivity index (χ4v) is 10.5. The fraction of sp³-hybridized carbons (Fsp3) is 0.706. The summed E-state index contributed by atoms with van der Waals surface area (Å²) in [5.41, 5.74) is -0.892. The van der Waals surface area contributed by atoms with Gasteiger partial charge in [-0.2, -0.15) is 0 Å². The third-order valence-electron chi connectivity index (χ3n) is 13.4. The maximum Gasteiger partial charge on any atom is 0.396 e. The zero-order chi connectivity index (χ0) is 30.7. The monoisotopic (exact) mass is 573 g/mol. The van der Waals surface area contributed by atoms with Gasteiger partial charge in [-0.1, -0.05) is 60.1 Å². The van der Waals surface area contributed by atoms with Crippen molar-refractivity contribution >= 4 is 17.5 Å². The minimum Gasteiger partial charge on any atom is -0.462 e. The van der Waals surface area contributed by atoms with Gasteiger partial charge < -0.3 is 13.9 Å². The highest BCUT2D eigenvalue weighted by Crippen LogP contribution is 2.74. The van der Waals surface area contributed by atoms with Crippen LogP contribution in [0.5, 0.6) is 0 Å². The van der Waals surface area contributed by atoms with Crippen LogP contribution in [0.25, 0.3) is 4.85 Å². The molecule has 0 radical (unpaired) electrons. The summed E-state index contributed by atoms with van der Waals surface area (Å²) in [5.74, 6) is -0.309. The maximum atomic E-state index is 14.6. The van der Waals surface area contributed by atoms with Gasteiger partial charge in [0.15, 0.2) is 11.6 Å². The highest BCUT2D eigenvalue weighted by atomic mass is 16.5. The number of rotatable bonds is 2. The Morgan fingerprint density at radius 2 is 1.71 bits per heavy atom. The van der Waals surface area contributed by atoms with E-state index in [2.05, 4.69) is 49.7 Å². The van der Waals surface area contributed by atoms with Gasteiger partial charge in [-0.15, -0.1) is 10.2 Å². The summed E-state index contributed by atoms with van der Waals surface area (Å²) in [6.45, 7) is 23.0. The first kappa shape index (κ1) is 29.0. The molecule has 5 aliphatic rings. The van der Waals surface area contributed by atoms with E-state index in [1.165, 1.54) is 7.11 Å². The van der Waals surface area contributed by atoms with Crippen molar-refractivity contribution in [2.24, 2.45) is 44.8 Å². The van der Waals surface area contributed by atoms with Gasteiger partial charge in [-0.25, -0.2) is 9.64 Å². The number of ketones is 2. The van der Waals surface area contributed by atoms with E-state index >= 15 is 0 Å². The summed E-state index contributed by atoms with van der Waals surface area (Å²) < 4.78 is 10.6. The van der Waals surface area contributed by atoms with Crippen molar-refractivity contribution in [3.05, 3.63) is 46.6 Å². The fourth-order valence-electron chi connectivity index (χ4n) is 10.5. The molecule has 0 bridgehead atoms. The molecular formula is C34H43N3O5. The molecule has 0 saturated heterocycles. The summed E-state index contributed by atoms with van der Waals surface area (Å²) in [6.07, 6.45) is 10.1. The van der Waals surface area contributed by atoms with Crippen LogP contribution in [0.1, 0.15) is 110 Å². The molecule has 0 aliphatic heterocycles. The Kier molecular flexibility index (Phi) is 6.03. The lowest BCUT2D eigenvalue weighted by atomic mass is 9.34. The first-order chi connectivity index (χ1) is 19.5. The summed E-state index contributed by atoms with van der Waals surface area (Å²) in [4.78, 5) is 43.6. The van der Waals surface area contributed by atoms with Crippen LogP contribution in [0, 0.1) is 51.4 Å². The van der Waals surface area contributed by atoms with Crippen molar-refractivity contribution in [2.75, 3.05) is 7.11 Å². The molecule has 1 aromatic heterocycles. The van der Waals surface area contributed by atoms with Crippen molar-refractivity contribution in [3.8, 4) is 0 Å². The van der Waals surface area contributed by atoms with E-state index in [1.807, 2.05) is 26.0 Å². The standard InChI is InChI=1S/C34H43N3O5/c1-29(2)22-10-11-33(6)23(32(22,5)18-20(35-8)25(29)39)16-21(38)24-19-17-31(4,28-37-36-26(42-28)27(40)41-9)13-12-30(19,3)14-15-34(24,33)7/h16,18-19,22,24H,10-15,17H2,1-7,9H3/t19-,22-,24-,30+,31-,32-,33+,34+/m0/s1. The van der Waals surface area contributed by atoms with E-state index in [0.717, 1.165) is 50.5 Å². The lowest BCUT2D eigenvalue weighted by Gasteiger charge is -2.69. The number of hydrogen-bond donors (Lipinski definition) is 0. The summed E-state index contributed by atoms with van der Waals surface area (Å²) in [5, 5.41) is 8.24. The number of fused-ring (bicyclic) bond motifs is 7. The van der Waals surface area contributed by atoms with Crippen LogP contribution >= 0.6 is 0 Å². The molecule has 8 heteroatoms. The molecule has 3 fully saturated rings. The van der Waals surface area contributed by atoms with Crippen LogP contribution in [0.2, 0.25) is 0 Å². The topological polar surface area (TPSA) is 104 Å². The Morgan fingerprint density at radius 3 is 2.38 bits per heavy atom. The highest BCUT2D eigenvalue weighted by Gasteiger charge is 2.69. The molecule has 1 aromatic rings. The predicted molar refractivity (Wildman–Crippen MR) is 155 cm³/mol. The Balaban J connectivity index is 1.45. The number of aromatic nitrogens is 2. The van der Waals surface area contributed by atoms with Crippen molar-refractivity contribution in [2.45, 2.75) is 98.8 Å². The molecule has 0 spiro atoms. The van der Waals surface area contributed by atoms with E-state index in [9.17, 15) is 14.4 Å². The predicted octanol–water partition coefficient (Wildman–Crippen LogP) is 6.68. The summed E-state index contributed by atoms with van der Waals surface area (Å²) in [6, 6.07) is 0. The minimum atomic E-state index is -0.671. The SMILES string of the molecule is [C-]#[N+]C1=C[C@]2(C)C3=CC(=O)[C@@H]4[C@@H]5C[C@@](C)(c6nnc(C(=O)OC)o6)CC[C@]5(C)CC[C@@]4(C)[C@]3(C)CC[C@H]2C(C)(C)C1=O. The molecule has 42 heavy (non-hydrogen) atoms. The first-order valence-corrected chi connectivity index (χ1v) is 15.3. The first-order valence-electron chi connectivity index (χ1n) is 15.3. The van der Waals surface area contributed by atoms with Crippen molar-refractivity contribution in [1.82, 2.24) is 10.2 Å². The van der Waals surface area contributed by atoms with E-state index in [-0.39, 0.29) is 57.2 Å². The van der Waals surface area contributed by atoms with Gasteiger partial charge in [0.25, 0.3) is 0 Å². The third kappa shape index (κ3) is 3.48. The Bertz CT molecular complexity index is 1510. The van der Waals surface area contributed by atoms with Crippen LogP contribution in [0.15, 0.2) is 27.8 Å². The lowest BCUT2D eigenvalue weighted by molar-refractivity contribution is -0.166. The molecule has 0 amide bonds. The molecule has 3 saturated carbocycles. The van der Waals surface area contributed by atoms with Crippen molar-refractivity contribution in [3.63, 3.8) is 0 Å². The number of Topliss-reactive ketones (excluding diaryl/α,β-unsaturated/α-hetero) is 1. The minimum absolute atomic E-state index is 0.00374. The number of nitrogens with zero attached hydrogens (tertiary/aromatic N) is 3. The van der Waals surface area contributed by atoms with Crippen molar-refractivity contribution in [1.29, 1.82) is 0 Å². The van der Waals surface area contributed by atoms with Gasteiger partial charge in [-0.05, 0) is 79.1 Å². The number of hydrogen-bond acceptors (Lipinski definition) is 7. The van der Waals surface area contributed by atoms with Crippen LogP contribution in [-0.2, 0) is 19.7 Å². The zero-order valence-electron chi connectivity index (χ0n) is 26.2. The third-order valence-corrected chi connectivity index (χ3v) is 13.4. The molecule has 8 atom stereocenters. The number of methoxy groups -OCH3 is 1. The average molecular weight is 574 g/mol. The molecular weight excluding hydrogens is 530 g/mol. The Labute approximate surface area is 248 Å². The van der Waals surface area contributed by atoms with E-state index < -0.39 is 22.2 Å². The smallest absolute Gasteiger partial charge is 0.396 e. The van der Waals surface area contributed by atoms with E-state index in [4.69, 9.17) is 15.7 Å². The Hall–Kier alpha value is -3.08. The Morgan fingerprint density at radius 1 is 1.02 bits per heavy atom. The molecule has 0 aromatic carbocycles. The second-order valence-corrected chi connectivity index (χ2v) is 15.7. The van der Waals surface area contributed by atoms with E-state index in [0.29, 0.717) is 5.89 Å². The number of carbonyl (C=O) groups excluding carboxylic acids is 3. The highest BCUT2D eigenvalue weighted by molar-refractivity contribution is 6.03. The molecule has 1 heterocycles. The van der Waals surface area contributed by atoms with Crippen LogP contribution in [-0.4, -0.2) is 34.8 Å². The maximum absolute atomic E-state index is 14.6. The number of esters is 1. The number of allylic oxidation sites excluding steroid dienone is 4. The molecule has 0 unspecified atom stereocenters. The number of carbonyl (C=O) groups is 3. The largest absolute Gasteiger partial charge is 0.462 e. The normalized spacial score (nSPS) is 43.9. The number of ether oxygens (including phenoxy) is 1. The second-order valence-electron chi connectivity index (χ2n) is 15.7. The summed E-state index contributed by atoms with van der Waals surface area (Å²) in [7, 11) is 1.29. The second kappa shape index (κ2) is 8.74. The molecule has 6 rings (SSSR count). The molecule has 5 aliphatic carbocycles. The van der Waals surface area contributed by atoms with Crippen LogP contribution in [0.4, 0.5) is 0 Å². The molecule has 224 valence electrons. The molecule has 0 N–H and O–H groups in total. The lowest BCUT2D eigenvalue weighted by Crippen LogP contribution is -2.64. The summed E-state index contributed by atoms with van der Waals surface area (Å²) >= 11 is 0.